The van der Waals surface area contributed by atoms with E-state index in [-0.39, 0.29) is 17.5 Å². The summed E-state index contributed by atoms with van der Waals surface area (Å²) in [7, 11) is 1.66. The van der Waals surface area contributed by atoms with Gasteiger partial charge in [-0.1, -0.05) is 0 Å². The highest BCUT2D eigenvalue weighted by atomic mass is 16.5. The fraction of sp³-hybridized carbons (Fsp3) is 0.519. The van der Waals surface area contributed by atoms with Gasteiger partial charge in [0.1, 0.15) is 5.75 Å². The van der Waals surface area contributed by atoms with E-state index in [0.29, 0.717) is 11.8 Å². The van der Waals surface area contributed by atoms with Gasteiger partial charge in [0.2, 0.25) is 0 Å². The first-order chi connectivity index (χ1) is 15.7. The number of ether oxygens (including phenoxy) is 1. The monoisotopic (exact) mass is 446 g/mol. The van der Waals surface area contributed by atoms with E-state index in [9.17, 15) is 4.79 Å². The molecule has 2 saturated carbocycles. The molecule has 3 aromatic rings. The topological polar surface area (TPSA) is 60.2 Å². The Balaban J connectivity index is 1.68. The van der Waals surface area contributed by atoms with Crippen LogP contribution in [0.15, 0.2) is 30.3 Å². The number of carbonyl (C=O) groups is 1. The number of aromatic nitrogens is 3. The third-order valence-corrected chi connectivity index (χ3v) is 6.97. The standard InChI is InChI=1S/C27H34N4O2/c1-16-24-22(15-23(19-9-10-19)28-25(24)31(29-16)27(3,4)5)26(32)30(17(2)18-7-8-18)20-11-13-21(33-6)14-12-20/h11-15,17-19H,7-10H2,1-6H3. The summed E-state index contributed by atoms with van der Waals surface area (Å²) in [6, 6.07) is 9.99. The predicted molar refractivity (Wildman–Crippen MR) is 131 cm³/mol. The van der Waals surface area contributed by atoms with Crippen molar-refractivity contribution in [3.63, 3.8) is 0 Å². The van der Waals surface area contributed by atoms with Crippen molar-refractivity contribution in [1.82, 2.24) is 14.8 Å². The second kappa shape index (κ2) is 7.86. The van der Waals surface area contributed by atoms with E-state index in [4.69, 9.17) is 14.8 Å². The van der Waals surface area contributed by atoms with E-state index >= 15 is 0 Å². The molecule has 6 heteroatoms. The van der Waals surface area contributed by atoms with Crippen LogP contribution >= 0.6 is 0 Å². The Morgan fingerprint density at radius 1 is 1.15 bits per heavy atom. The number of hydrogen-bond acceptors (Lipinski definition) is 4. The SMILES string of the molecule is COc1ccc(N(C(=O)c2cc(C3CC3)nc3c2c(C)nn3C(C)(C)C)C(C)C2CC2)cc1. The van der Waals surface area contributed by atoms with E-state index in [0.717, 1.165) is 52.3 Å². The van der Waals surface area contributed by atoms with Gasteiger partial charge in [0.05, 0.1) is 29.3 Å². The van der Waals surface area contributed by atoms with Gasteiger partial charge in [0.25, 0.3) is 5.91 Å². The normalized spacial score (nSPS) is 17.3. The summed E-state index contributed by atoms with van der Waals surface area (Å²) in [6.07, 6.45) is 4.60. The molecule has 0 spiro atoms. The fourth-order valence-corrected chi connectivity index (χ4v) is 4.73. The van der Waals surface area contributed by atoms with Gasteiger partial charge >= 0.3 is 0 Å². The summed E-state index contributed by atoms with van der Waals surface area (Å²) in [4.78, 5) is 21.3. The Morgan fingerprint density at radius 3 is 2.36 bits per heavy atom. The maximum atomic E-state index is 14.3. The highest BCUT2D eigenvalue weighted by Gasteiger charge is 2.37. The maximum Gasteiger partial charge on any atom is 0.259 e. The molecule has 174 valence electrons. The molecule has 0 saturated heterocycles. The van der Waals surface area contributed by atoms with E-state index in [1.54, 1.807) is 7.11 Å². The molecule has 2 fully saturated rings. The van der Waals surface area contributed by atoms with Gasteiger partial charge in [0.15, 0.2) is 5.65 Å². The van der Waals surface area contributed by atoms with Crippen molar-refractivity contribution in [2.75, 3.05) is 12.0 Å². The van der Waals surface area contributed by atoms with E-state index in [1.165, 1.54) is 12.8 Å². The Hall–Kier alpha value is -2.89. The van der Waals surface area contributed by atoms with Crippen LogP contribution in [-0.4, -0.2) is 33.8 Å². The molecular weight excluding hydrogens is 412 g/mol. The number of nitrogens with zero attached hydrogens (tertiary/aromatic N) is 4. The van der Waals surface area contributed by atoms with Crippen LogP contribution in [0.1, 0.15) is 81.0 Å². The number of fused-ring (bicyclic) bond motifs is 1. The van der Waals surface area contributed by atoms with Crippen molar-refractivity contribution in [2.45, 2.75) is 77.8 Å². The molecular formula is C27H34N4O2. The molecule has 1 unspecified atom stereocenters. The lowest BCUT2D eigenvalue weighted by atomic mass is 10.0. The van der Waals surface area contributed by atoms with Crippen molar-refractivity contribution in [3.05, 3.63) is 47.3 Å². The first kappa shape index (κ1) is 21.9. The summed E-state index contributed by atoms with van der Waals surface area (Å²) >= 11 is 0. The molecule has 2 aromatic heterocycles. The first-order valence-electron chi connectivity index (χ1n) is 12.1. The van der Waals surface area contributed by atoms with Crippen molar-refractivity contribution >= 4 is 22.6 Å². The third-order valence-electron chi connectivity index (χ3n) is 6.97. The average Bonchev–Trinajstić information content (AvgIpc) is 3.69. The lowest BCUT2D eigenvalue weighted by Gasteiger charge is -2.30. The van der Waals surface area contributed by atoms with E-state index < -0.39 is 0 Å². The summed E-state index contributed by atoms with van der Waals surface area (Å²) in [5.41, 5.74) is 4.09. The van der Waals surface area contributed by atoms with Crippen molar-refractivity contribution < 1.29 is 9.53 Å². The molecule has 0 aliphatic heterocycles. The fourth-order valence-electron chi connectivity index (χ4n) is 4.73. The van der Waals surface area contributed by atoms with Crippen LogP contribution in [0.3, 0.4) is 0 Å². The zero-order valence-corrected chi connectivity index (χ0v) is 20.6. The third kappa shape index (κ3) is 4.00. The summed E-state index contributed by atoms with van der Waals surface area (Å²) in [6.45, 7) is 10.5. The molecule has 2 aliphatic carbocycles. The quantitative estimate of drug-likeness (QED) is 0.478. The molecule has 33 heavy (non-hydrogen) atoms. The van der Waals surface area contributed by atoms with Gasteiger partial charge in [-0.25, -0.2) is 9.67 Å². The van der Waals surface area contributed by atoms with Crippen molar-refractivity contribution in [1.29, 1.82) is 0 Å². The molecule has 1 amide bonds. The number of carbonyl (C=O) groups excluding carboxylic acids is 1. The molecule has 0 N–H and O–H groups in total. The van der Waals surface area contributed by atoms with E-state index in [1.807, 2.05) is 46.8 Å². The van der Waals surface area contributed by atoms with Crippen LogP contribution in [0.4, 0.5) is 5.69 Å². The summed E-state index contributed by atoms with van der Waals surface area (Å²) < 4.78 is 7.34. The molecule has 1 atom stereocenters. The molecule has 6 nitrogen and oxygen atoms in total. The first-order valence-corrected chi connectivity index (χ1v) is 12.1. The average molecular weight is 447 g/mol. The number of benzene rings is 1. The Morgan fingerprint density at radius 2 is 1.82 bits per heavy atom. The summed E-state index contributed by atoms with van der Waals surface area (Å²) in [5.74, 6) is 1.80. The molecule has 1 aromatic carbocycles. The minimum absolute atomic E-state index is 0.0328. The second-order valence-electron chi connectivity index (χ2n) is 10.7. The highest BCUT2D eigenvalue weighted by Crippen LogP contribution is 2.42. The van der Waals surface area contributed by atoms with Crippen LogP contribution in [0.25, 0.3) is 11.0 Å². The van der Waals surface area contributed by atoms with Crippen LogP contribution < -0.4 is 9.64 Å². The highest BCUT2D eigenvalue weighted by molar-refractivity contribution is 6.14. The number of methoxy groups -OCH3 is 1. The number of anilines is 1. The number of amides is 1. The zero-order chi connectivity index (χ0) is 23.5. The molecule has 2 heterocycles. The van der Waals surface area contributed by atoms with Gasteiger partial charge in [-0.2, -0.15) is 5.10 Å². The zero-order valence-electron chi connectivity index (χ0n) is 20.6. The molecule has 0 radical (unpaired) electrons. The molecule has 2 aliphatic rings. The smallest absolute Gasteiger partial charge is 0.259 e. The number of rotatable bonds is 6. The Labute approximate surface area is 195 Å². The maximum absolute atomic E-state index is 14.3. The minimum Gasteiger partial charge on any atom is -0.497 e. The molecule has 0 bridgehead atoms. The Bertz CT molecular complexity index is 1200. The largest absolute Gasteiger partial charge is 0.497 e. The number of aryl methyl sites for hydroxylation is 1. The minimum atomic E-state index is -0.223. The lowest BCUT2D eigenvalue weighted by Crippen LogP contribution is -2.40. The molecule has 5 rings (SSSR count). The van der Waals surface area contributed by atoms with Crippen LogP contribution in [0, 0.1) is 12.8 Å². The summed E-state index contributed by atoms with van der Waals surface area (Å²) in [5, 5.41) is 5.71. The lowest BCUT2D eigenvalue weighted by molar-refractivity contribution is 0.0977. The van der Waals surface area contributed by atoms with Crippen LogP contribution in [-0.2, 0) is 5.54 Å². The predicted octanol–water partition coefficient (Wildman–Crippen LogP) is 5.83. The van der Waals surface area contributed by atoms with Crippen molar-refractivity contribution in [3.8, 4) is 5.75 Å². The van der Waals surface area contributed by atoms with Gasteiger partial charge in [-0.15, -0.1) is 0 Å². The van der Waals surface area contributed by atoms with Crippen LogP contribution in [0.5, 0.6) is 5.75 Å². The van der Waals surface area contributed by atoms with Gasteiger partial charge in [-0.05, 0) is 96.6 Å². The van der Waals surface area contributed by atoms with Gasteiger partial charge in [-0.3, -0.25) is 4.79 Å². The second-order valence-corrected chi connectivity index (χ2v) is 10.7. The van der Waals surface area contributed by atoms with Gasteiger partial charge < -0.3 is 9.64 Å². The van der Waals surface area contributed by atoms with Gasteiger partial charge in [0, 0.05) is 23.3 Å². The van der Waals surface area contributed by atoms with Crippen molar-refractivity contribution in [2.24, 2.45) is 5.92 Å². The Kier molecular flexibility index (Phi) is 5.22. The number of pyridine rings is 1. The number of hydrogen-bond donors (Lipinski definition) is 0. The van der Waals surface area contributed by atoms with Crippen LogP contribution in [0.2, 0.25) is 0 Å². The van der Waals surface area contributed by atoms with E-state index in [2.05, 4.69) is 27.7 Å².